The fraction of sp³-hybridized carbons (Fsp3) is 0.643. The van der Waals surface area contributed by atoms with Crippen LogP contribution >= 0.6 is 0 Å². The molecule has 10 heteroatoms. The first-order valence-electron chi connectivity index (χ1n) is 7.82. The average Bonchev–Trinajstić information content (AvgIpc) is 2.98. The SMILES string of the molecule is Cn1c(=O)c2c(nc(N3CCOCC3)n2C[C@H](O)CN)n(C)c1=O. The Kier molecular flexibility index (Phi) is 4.43. The van der Waals surface area contributed by atoms with Crippen LogP contribution in [0.3, 0.4) is 0 Å². The van der Waals surface area contributed by atoms with Gasteiger partial charge in [0.15, 0.2) is 11.2 Å². The standard InChI is InChI=1S/C14H22N6O4/c1-17-11-10(12(22)18(2)14(17)23)20(8-9(21)7-15)13(16-11)19-3-5-24-6-4-19/h9,21H,3-8,15H2,1-2H3/t9-/m1/s1. The van der Waals surface area contributed by atoms with E-state index in [4.69, 9.17) is 10.5 Å². The summed E-state index contributed by atoms with van der Waals surface area (Å²) in [6, 6.07) is 0. The van der Waals surface area contributed by atoms with E-state index in [0.29, 0.717) is 37.9 Å². The molecular formula is C14H22N6O4. The van der Waals surface area contributed by atoms with Crippen molar-refractivity contribution in [3.8, 4) is 0 Å². The number of aliphatic hydroxyl groups is 1. The van der Waals surface area contributed by atoms with Crippen LogP contribution in [0.5, 0.6) is 0 Å². The molecule has 1 atom stereocenters. The lowest BCUT2D eigenvalue weighted by Gasteiger charge is -2.28. The Morgan fingerprint density at radius 3 is 2.54 bits per heavy atom. The maximum atomic E-state index is 12.6. The highest BCUT2D eigenvalue weighted by molar-refractivity contribution is 5.74. The van der Waals surface area contributed by atoms with E-state index in [0.717, 1.165) is 4.57 Å². The summed E-state index contributed by atoms with van der Waals surface area (Å²) in [6.07, 6.45) is -0.816. The predicted molar refractivity (Wildman–Crippen MR) is 88.3 cm³/mol. The number of hydrogen-bond donors (Lipinski definition) is 2. The summed E-state index contributed by atoms with van der Waals surface area (Å²) < 4.78 is 9.39. The molecule has 1 aliphatic rings. The Labute approximate surface area is 137 Å². The van der Waals surface area contributed by atoms with Gasteiger partial charge in [0, 0.05) is 33.7 Å². The Morgan fingerprint density at radius 2 is 1.92 bits per heavy atom. The summed E-state index contributed by atoms with van der Waals surface area (Å²) >= 11 is 0. The van der Waals surface area contributed by atoms with E-state index in [1.165, 1.54) is 11.6 Å². The minimum absolute atomic E-state index is 0.0638. The maximum absolute atomic E-state index is 12.6. The van der Waals surface area contributed by atoms with E-state index in [1.54, 1.807) is 11.6 Å². The molecule has 1 fully saturated rings. The van der Waals surface area contributed by atoms with Crippen molar-refractivity contribution in [1.29, 1.82) is 0 Å². The number of hydrogen-bond acceptors (Lipinski definition) is 7. The van der Waals surface area contributed by atoms with Gasteiger partial charge in [-0.25, -0.2) is 4.79 Å². The van der Waals surface area contributed by atoms with Gasteiger partial charge in [-0.1, -0.05) is 0 Å². The Balaban J connectivity index is 2.28. The second-order valence-corrected chi connectivity index (χ2v) is 5.89. The maximum Gasteiger partial charge on any atom is 0.332 e. The van der Waals surface area contributed by atoms with Gasteiger partial charge in [0.25, 0.3) is 5.56 Å². The van der Waals surface area contributed by atoms with Crippen molar-refractivity contribution in [3.63, 3.8) is 0 Å². The highest BCUT2D eigenvalue weighted by Crippen LogP contribution is 2.21. The molecule has 0 saturated carbocycles. The van der Waals surface area contributed by atoms with Crippen LogP contribution in [0.25, 0.3) is 11.2 Å². The summed E-state index contributed by atoms with van der Waals surface area (Å²) in [5.74, 6) is 0.541. The number of imidazole rings is 1. The fourth-order valence-corrected chi connectivity index (χ4v) is 2.90. The molecule has 3 heterocycles. The smallest absolute Gasteiger partial charge is 0.332 e. The summed E-state index contributed by atoms with van der Waals surface area (Å²) in [7, 11) is 3.00. The third-order valence-electron chi connectivity index (χ3n) is 4.29. The number of nitrogens with two attached hydrogens (primary N) is 1. The summed E-state index contributed by atoms with van der Waals surface area (Å²) in [4.78, 5) is 31.3. The monoisotopic (exact) mass is 338 g/mol. The van der Waals surface area contributed by atoms with Crippen molar-refractivity contribution < 1.29 is 9.84 Å². The molecule has 2 aromatic rings. The molecule has 3 rings (SSSR count). The lowest BCUT2D eigenvalue weighted by atomic mass is 10.3. The zero-order valence-corrected chi connectivity index (χ0v) is 13.8. The van der Waals surface area contributed by atoms with Gasteiger partial charge in [-0.05, 0) is 0 Å². The predicted octanol–water partition coefficient (Wildman–Crippen LogP) is -2.41. The highest BCUT2D eigenvalue weighted by atomic mass is 16.5. The van der Waals surface area contributed by atoms with Gasteiger partial charge >= 0.3 is 5.69 Å². The van der Waals surface area contributed by atoms with Gasteiger partial charge < -0.3 is 25.0 Å². The van der Waals surface area contributed by atoms with Crippen molar-refractivity contribution >= 4 is 17.1 Å². The van der Waals surface area contributed by atoms with Gasteiger partial charge in [-0.3, -0.25) is 13.9 Å². The van der Waals surface area contributed by atoms with Gasteiger partial charge in [-0.2, -0.15) is 4.98 Å². The summed E-state index contributed by atoms with van der Waals surface area (Å²) in [5, 5.41) is 10.0. The quantitative estimate of drug-likeness (QED) is 0.637. The molecule has 3 N–H and O–H groups in total. The van der Waals surface area contributed by atoms with Gasteiger partial charge in [0.05, 0.1) is 25.9 Å². The molecule has 0 radical (unpaired) electrons. The Morgan fingerprint density at radius 1 is 1.25 bits per heavy atom. The van der Waals surface area contributed by atoms with Crippen molar-refractivity contribution in [3.05, 3.63) is 20.8 Å². The fourth-order valence-electron chi connectivity index (χ4n) is 2.90. The number of nitrogens with zero attached hydrogens (tertiary/aromatic N) is 5. The molecule has 1 aliphatic heterocycles. The molecule has 0 bridgehead atoms. The number of aromatic nitrogens is 4. The third kappa shape index (κ3) is 2.62. The normalized spacial score (nSPS) is 16.8. The zero-order valence-electron chi connectivity index (χ0n) is 13.8. The van der Waals surface area contributed by atoms with E-state index in [9.17, 15) is 14.7 Å². The molecule has 0 aromatic carbocycles. The molecule has 0 spiro atoms. The molecule has 0 unspecified atom stereocenters. The van der Waals surface area contributed by atoms with Crippen molar-refractivity contribution in [2.24, 2.45) is 19.8 Å². The number of aliphatic hydroxyl groups excluding tert-OH is 1. The van der Waals surface area contributed by atoms with E-state index >= 15 is 0 Å². The Hall–Kier alpha value is -2.17. The van der Waals surface area contributed by atoms with Gasteiger partial charge in [-0.15, -0.1) is 0 Å². The van der Waals surface area contributed by atoms with Crippen LogP contribution in [-0.2, 0) is 25.4 Å². The van der Waals surface area contributed by atoms with E-state index < -0.39 is 17.4 Å². The van der Waals surface area contributed by atoms with Gasteiger partial charge in [0.2, 0.25) is 5.95 Å². The van der Waals surface area contributed by atoms with Crippen LogP contribution < -0.4 is 21.9 Å². The number of aryl methyl sites for hydroxylation is 1. The third-order valence-corrected chi connectivity index (χ3v) is 4.29. The summed E-state index contributed by atoms with van der Waals surface area (Å²) in [6.45, 7) is 2.55. The van der Waals surface area contributed by atoms with E-state index in [-0.39, 0.29) is 18.6 Å². The molecular weight excluding hydrogens is 316 g/mol. The van der Waals surface area contributed by atoms with Crippen LogP contribution in [0.15, 0.2) is 9.59 Å². The van der Waals surface area contributed by atoms with Crippen LogP contribution in [0.2, 0.25) is 0 Å². The molecule has 1 saturated heterocycles. The average molecular weight is 338 g/mol. The molecule has 24 heavy (non-hydrogen) atoms. The van der Waals surface area contributed by atoms with E-state index in [1.807, 2.05) is 4.90 Å². The minimum atomic E-state index is -0.816. The lowest BCUT2D eigenvalue weighted by Crippen LogP contribution is -2.39. The van der Waals surface area contributed by atoms with Crippen LogP contribution in [-0.4, -0.2) is 62.7 Å². The largest absolute Gasteiger partial charge is 0.390 e. The molecule has 2 aromatic heterocycles. The van der Waals surface area contributed by atoms with Crippen molar-refractivity contribution in [2.75, 3.05) is 37.7 Å². The number of anilines is 1. The summed E-state index contributed by atoms with van der Waals surface area (Å²) in [5.41, 5.74) is 5.23. The Bertz CT molecular complexity index is 861. The number of fused-ring (bicyclic) bond motifs is 1. The first-order chi connectivity index (χ1) is 11.5. The van der Waals surface area contributed by atoms with Crippen molar-refractivity contribution in [1.82, 2.24) is 18.7 Å². The second-order valence-electron chi connectivity index (χ2n) is 5.89. The molecule has 0 aliphatic carbocycles. The zero-order chi connectivity index (χ0) is 17.4. The number of ether oxygens (including phenoxy) is 1. The van der Waals surface area contributed by atoms with E-state index in [2.05, 4.69) is 4.98 Å². The lowest BCUT2D eigenvalue weighted by molar-refractivity contribution is 0.121. The van der Waals surface area contributed by atoms with Crippen LogP contribution in [0.4, 0.5) is 5.95 Å². The molecule has 0 amide bonds. The van der Waals surface area contributed by atoms with Crippen molar-refractivity contribution in [2.45, 2.75) is 12.6 Å². The highest BCUT2D eigenvalue weighted by Gasteiger charge is 2.24. The first kappa shape index (κ1) is 16.7. The van der Waals surface area contributed by atoms with Gasteiger partial charge in [0.1, 0.15) is 0 Å². The molecule has 10 nitrogen and oxygen atoms in total. The number of rotatable bonds is 4. The topological polar surface area (TPSA) is 121 Å². The number of morpholine rings is 1. The first-order valence-corrected chi connectivity index (χ1v) is 7.82. The minimum Gasteiger partial charge on any atom is -0.390 e. The second kappa shape index (κ2) is 6.38. The van der Waals surface area contributed by atoms with Crippen LogP contribution in [0, 0.1) is 0 Å². The molecule has 132 valence electrons. The van der Waals surface area contributed by atoms with Crippen LogP contribution in [0.1, 0.15) is 0 Å².